The summed E-state index contributed by atoms with van der Waals surface area (Å²) in [5.74, 6) is -0.341. The van der Waals surface area contributed by atoms with Gasteiger partial charge in [0, 0.05) is 19.1 Å². The minimum absolute atomic E-state index is 0.0538. The van der Waals surface area contributed by atoms with Crippen LogP contribution in [-0.4, -0.2) is 73.3 Å². The Balaban J connectivity index is 1.63. The number of hydrogen-bond acceptors (Lipinski definition) is 4. The van der Waals surface area contributed by atoms with E-state index in [-0.39, 0.29) is 37.4 Å². The predicted octanol–water partition coefficient (Wildman–Crippen LogP) is -1.07. The molecule has 0 aromatic heterocycles. The number of carbonyl (C=O) groups excluding carboxylic acids is 3. The Labute approximate surface area is 125 Å². The van der Waals surface area contributed by atoms with E-state index < -0.39 is 0 Å². The normalized spacial score (nSPS) is 17.5. The lowest BCUT2D eigenvalue weighted by atomic mass is 10.4. The van der Waals surface area contributed by atoms with E-state index in [1.54, 1.807) is 19.0 Å². The number of nitrogens with one attached hydrogen (secondary N) is 2. The van der Waals surface area contributed by atoms with Crippen LogP contribution in [0.2, 0.25) is 0 Å². The molecule has 0 saturated heterocycles. The van der Waals surface area contributed by atoms with Gasteiger partial charge in [-0.15, -0.1) is 0 Å². The van der Waals surface area contributed by atoms with Gasteiger partial charge in [0.15, 0.2) is 0 Å². The van der Waals surface area contributed by atoms with Gasteiger partial charge in [0.05, 0.1) is 19.6 Å². The van der Waals surface area contributed by atoms with Crippen molar-refractivity contribution < 1.29 is 14.4 Å². The third-order valence-corrected chi connectivity index (χ3v) is 3.51. The highest BCUT2D eigenvalue weighted by atomic mass is 16.2. The van der Waals surface area contributed by atoms with E-state index >= 15 is 0 Å². The standard InChI is InChI=1S/C14H24N4O3/c1-17(7-12(19)15-10-3-4-10)9-14(21)18(2)8-13(20)16-11-5-6-11/h10-11H,3-9H2,1-2H3,(H,15,19)(H,16,20). The molecule has 0 atom stereocenters. The third kappa shape index (κ3) is 6.12. The minimum atomic E-state index is -0.164. The number of amides is 3. The molecule has 2 aliphatic carbocycles. The van der Waals surface area contributed by atoms with Gasteiger partial charge in [-0.25, -0.2) is 0 Å². The van der Waals surface area contributed by atoms with Crippen molar-refractivity contribution in [3.8, 4) is 0 Å². The lowest BCUT2D eigenvalue weighted by Gasteiger charge is -2.21. The van der Waals surface area contributed by atoms with Crippen LogP contribution < -0.4 is 10.6 Å². The highest BCUT2D eigenvalue weighted by Gasteiger charge is 2.25. The van der Waals surface area contributed by atoms with Crippen molar-refractivity contribution in [2.75, 3.05) is 33.7 Å². The molecule has 3 amide bonds. The summed E-state index contributed by atoms with van der Waals surface area (Å²) < 4.78 is 0. The SMILES string of the molecule is CN(CC(=O)NC1CC1)CC(=O)N(C)CC(=O)NC1CC1. The van der Waals surface area contributed by atoms with Crippen LogP contribution in [0, 0.1) is 0 Å². The molecule has 0 aliphatic heterocycles. The van der Waals surface area contributed by atoms with E-state index in [0.29, 0.717) is 12.1 Å². The molecule has 0 unspecified atom stereocenters. The first kappa shape index (κ1) is 15.8. The van der Waals surface area contributed by atoms with Crippen molar-refractivity contribution in [1.82, 2.24) is 20.4 Å². The molecule has 0 radical (unpaired) electrons. The van der Waals surface area contributed by atoms with Crippen LogP contribution in [0.5, 0.6) is 0 Å². The van der Waals surface area contributed by atoms with Crippen molar-refractivity contribution in [2.24, 2.45) is 0 Å². The molecule has 2 fully saturated rings. The molecule has 2 rings (SSSR count). The smallest absolute Gasteiger partial charge is 0.239 e. The fourth-order valence-electron chi connectivity index (χ4n) is 1.96. The molecule has 2 aliphatic rings. The number of nitrogens with zero attached hydrogens (tertiary/aromatic N) is 2. The predicted molar refractivity (Wildman–Crippen MR) is 77.5 cm³/mol. The van der Waals surface area contributed by atoms with E-state index in [1.807, 2.05) is 0 Å². The van der Waals surface area contributed by atoms with Gasteiger partial charge in [0.25, 0.3) is 0 Å². The Morgan fingerprint density at radius 2 is 1.33 bits per heavy atom. The van der Waals surface area contributed by atoms with Crippen molar-refractivity contribution in [1.29, 1.82) is 0 Å². The first-order valence-electron chi connectivity index (χ1n) is 7.45. The van der Waals surface area contributed by atoms with Gasteiger partial charge in [-0.05, 0) is 32.7 Å². The van der Waals surface area contributed by atoms with Crippen LogP contribution in [-0.2, 0) is 14.4 Å². The van der Waals surface area contributed by atoms with Crippen LogP contribution in [0.25, 0.3) is 0 Å². The topological polar surface area (TPSA) is 81.8 Å². The third-order valence-electron chi connectivity index (χ3n) is 3.51. The molecule has 0 spiro atoms. The quantitative estimate of drug-likeness (QED) is 0.598. The summed E-state index contributed by atoms with van der Waals surface area (Å²) in [6.45, 7) is 0.396. The molecule has 0 aromatic rings. The van der Waals surface area contributed by atoms with Gasteiger partial charge >= 0.3 is 0 Å². The van der Waals surface area contributed by atoms with Crippen molar-refractivity contribution in [2.45, 2.75) is 37.8 Å². The van der Waals surface area contributed by atoms with Gasteiger partial charge in [-0.2, -0.15) is 0 Å². The molecule has 2 N–H and O–H groups in total. The van der Waals surface area contributed by atoms with Crippen LogP contribution in [0.15, 0.2) is 0 Å². The van der Waals surface area contributed by atoms with E-state index in [0.717, 1.165) is 25.7 Å². The summed E-state index contributed by atoms with van der Waals surface area (Å²) in [4.78, 5) is 38.3. The average Bonchev–Trinajstić information content (AvgIpc) is 3.24. The number of rotatable bonds is 8. The molecule has 2 saturated carbocycles. The number of carbonyl (C=O) groups is 3. The Bertz CT molecular complexity index is 418. The van der Waals surface area contributed by atoms with Crippen LogP contribution >= 0.6 is 0 Å². The van der Waals surface area contributed by atoms with Gasteiger partial charge in [0.2, 0.25) is 17.7 Å². The van der Waals surface area contributed by atoms with Crippen molar-refractivity contribution in [3.63, 3.8) is 0 Å². The molecule has 0 bridgehead atoms. The fraction of sp³-hybridized carbons (Fsp3) is 0.786. The summed E-state index contributed by atoms with van der Waals surface area (Å²) in [5.41, 5.74) is 0. The first-order chi connectivity index (χ1) is 9.94. The second-order valence-corrected chi connectivity index (χ2v) is 6.11. The van der Waals surface area contributed by atoms with Crippen LogP contribution in [0.1, 0.15) is 25.7 Å². The van der Waals surface area contributed by atoms with Gasteiger partial charge in [0.1, 0.15) is 0 Å². The van der Waals surface area contributed by atoms with E-state index in [2.05, 4.69) is 10.6 Å². The summed E-state index contributed by atoms with van der Waals surface area (Å²) >= 11 is 0. The van der Waals surface area contributed by atoms with E-state index in [4.69, 9.17) is 0 Å². The second kappa shape index (κ2) is 6.89. The van der Waals surface area contributed by atoms with Crippen LogP contribution in [0.3, 0.4) is 0 Å². The highest BCUT2D eigenvalue weighted by Crippen LogP contribution is 2.18. The maximum Gasteiger partial charge on any atom is 0.239 e. The summed E-state index contributed by atoms with van der Waals surface area (Å²) in [5, 5.41) is 5.72. The van der Waals surface area contributed by atoms with Crippen molar-refractivity contribution >= 4 is 17.7 Å². The zero-order valence-corrected chi connectivity index (χ0v) is 12.7. The Morgan fingerprint density at radius 3 is 1.81 bits per heavy atom. The number of hydrogen-bond donors (Lipinski definition) is 2. The molecular weight excluding hydrogens is 272 g/mol. The molecular formula is C14H24N4O3. The maximum absolute atomic E-state index is 12.0. The average molecular weight is 296 g/mol. The van der Waals surface area contributed by atoms with Crippen molar-refractivity contribution in [3.05, 3.63) is 0 Å². The van der Waals surface area contributed by atoms with Gasteiger partial charge in [-0.3, -0.25) is 19.3 Å². The molecule has 21 heavy (non-hydrogen) atoms. The fourth-order valence-corrected chi connectivity index (χ4v) is 1.96. The number of likely N-dealkylation sites (N-methyl/N-ethyl adjacent to an activating group) is 2. The van der Waals surface area contributed by atoms with Gasteiger partial charge < -0.3 is 15.5 Å². The second-order valence-electron chi connectivity index (χ2n) is 6.11. The van der Waals surface area contributed by atoms with E-state index in [1.165, 1.54) is 4.90 Å². The Morgan fingerprint density at radius 1 is 0.857 bits per heavy atom. The highest BCUT2D eigenvalue weighted by molar-refractivity contribution is 5.86. The molecule has 0 heterocycles. The zero-order valence-electron chi connectivity index (χ0n) is 12.7. The van der Waals surface area contributed by atoms with Crippen LogP contribution in [0.4, 0.5) is 0 Å². The summed E-state index contributed by atoms with van der Waals surface area (Å²) in [7, 11) is 3.33. The minimum Gasteiger partial charge on any atom is -0.352 e. The summed E-state index contributed by atoms with van der Waals surface area (Å²) in [6.07, 6.45) is 4.16. The Kier molecular flexibility index (Phi) is 5.17. The molecule has 118 valence electrons. The van der Waals surface area contributed by atoms with Gasteiger partial charge in [-0.1, -0.05) is 0 Å². The molecule has 7 heteroatoms. The lowest BCUT2D eigenvalue weighted by Crippen LogP contribution is -2.45. The maximum atomic E-state index is 12.0. The monoisotopic (exact) mass is 296 g/mol. The molecule has 7 nitrogen and oxygen atoms in total. The summed E-state index contributed by atoms with van der Waals surface area (Å²) in [6, 6.07) is 0.630. The Hall–Kier alpha value is -1.63. The molecule has 0 aromatic carbocycles. The zero-order chi connectivity index (χ0) is 15.4. The first-order valence-corrected chi connectivity index (χ1v) is 7.45. The largest absolute Gasteiger partial charge is 0.352 e. The van der Waals surface area contributed by atoms with E-state index in [9.17, 15) is 14.4 Å². The lowest BCUT2D eigenvalue weighted by molar-refractivity contribution is -0.136.